The van der Waals surface area contributed by atoms with Crippen LogP contribution in [0.5, 0.6) is 0 Å². The van der Waals surface area contributed by atoms with Gasteiger partial charge in [-0.1, -0.05) is 26.2 Å². The van der Waals surface area contributed by atoms with Crippen molar-refractivity contribution in [2.24, 2.45) is 0 Å². The zero-order valence-electron chi connectivity index (χ0n) is 6.44. The van der Waals surface area contributed by atoms with Crippen LogP contribution in [0.2, 0.25) is 0 Å². The Hall–Kier alpha value is 0.350. The van der Waals surface area contributed by atoms with E-state index >= 15 is 0 Å². The fraction of sp³-hybridized carbons (Fsp3) is 1.00. The number of rotatable bonds is 4. The van der Waals surface area contributed by atoms with Crippen LogP contribution in [0.3, 0.4) is 0 Å². The summed E-state index contributed by atoms with van der Waals surface area (Å²) in [6, 6.07) is 0. The van der Waals surface area contributed by atoms with Gasteiger partial charge < -0.3 is 0 Å². The predicted octanol–water partition coefficient (Wildman–Crippen LogP) is 3.07. The maximum Gasteiger partial charge on any atom is 0.0223 e. The first-order valence-corrected chi connectivity index (χ1v) is 4.89. The highest BCUT2D eigenvalue weighted by atomic mass is 32.2. The zero-order valence-corrected chi connectivity index (χ0v) is 7.26. The summed E-state index contributed by atoms with van der Waals surface area (Å²) in [5, 5.41) is 0. The van der Waals surface area contributed by atoms with Crippen LogP contribution >= 0.6 is 11.8 Å². The molecule has 0 aromatic heterocycles. The molecule has 0 spiro atoms. The van der Waals surface area contributed by atoms with E-state index in [1.165, 1.54) is 31.4 Å². The van der Waals surface area contributed by atoms with Crippen molar-refractivity contribution in [1.29, 1.82) is 0 Å². The van der Waals surface area contributed by atoms with E-state index in [4.69, 9.17) is 0 Å². The molecule has 1 rings (SSSR count). The average Bonchev–Trinajstić information content (AvgIpc) is 2.50. The second-order valence-corrected chi connectivity index (χ2v) is 4.76. The molecule has 0 N–H and O–H groups in total. The second-order valence-electron chi connectivity index (χ2n) is 3.20. The Kier molecular flexibility index (Phi) is 2.45. The Morgan fingerprint density at radius 3 is 2.56 bits per heavy atom. The van der Waals surface area contributed by atoms with Crippen molar-refractivity contribution in [2.75, 3.05) is 5.75 Å². The van der Waals surface area contributed by atoms with Crippen molar-refractivity contribution in [1.82, 2.24) is 0 Å². The van der Waals surface area contributed by atoms with E-state index in [2.05, 4.69) is 25.6 Å². The molecule has 0 aliphatic carbocycles. The molecule has 1 saturated heterocycles. The molecular formula is C8H16S. The average molecular weight is 144 g/mol. The van der Waals surface area contributed by atoms with Crippen LogP contribution < -0.4 is 0 Å². The summed E-state index contributed by atoms with van der Waals surface area (Å²) in [5.41, 5.74) is 0. The topological polar surface area (TPSA) is 0 Å². The monoisotopic (exact) mass is 144 g/mol. The Morgan fingerprint density at radius 2 is 2.11 bits per heavy atom. The summed E-state index contributed by atoms with van der Waals surface area (Å²) >= 11 is 2.12. The molecular weight excluding hydrogens is 128 g/mol. The van der Waals surface area contributed by atoms with E-state index in [1.54, 1.807) is 0 Å². The molecule has 1 aliphatic heterocycles. The molecule has 0 aromatic carbocycles. The summed E-state index contributed by atoms with van der Waals surface area (Å²) in [5.74, 6) is 1.41. The van der Waals surface area contributed by atoms with Crippen LogP contribution in [-0.4, -0.2) is 10.5 Å². The molecule has 0 saturated carbocycles. The van der Waals surface area contributed by atoms with E-state index in [9.17, 15) is 0 Å². The van der Waals surface area contributed by atoms with Crippen LogP contribution in [0, 0.1) is 0 Å². The quantitative estimate of drug-likeness (QED) is 0.431. The summed E-state index contributed by atoms with van der Waals surface area (Å²) in [4.78, 5) is 0. The lowest BCUT2D eigenvalue weighted by molar-refractivity contribution is 0.611. The molecule has 0 radical (unpaired) electrons. The van der Waals surface area contributed by atoms with Gasteiger partial charge in [-0.2, -0.15) is 11.8 Å². The molecule has 0 nitrogen and oxygen atoms in total. The third kappa shape index (κ3) is 2.61. The second kappa shape index (κ2) is 2.96. The van der Waals surface area contributed by atoms with E-state index in [0.29, 0.717) is 0 Å². The summed E-state index contributed by atoms with van der Waals surface area (Å²) in [6.07, 6.45) is 5.68. The van der Waals surface area contributed by atoms with E-state index in [1.807, 2.05) is 0 Å². The Bertz CT molecular complexity index is 84.6. The van der Waals surface area contributed by atoms with Gasteiger partial charge in [0.2, 0.25) is 0 Å². The SMILES string of the molecule is CCCCCC1(C)CS1. The Labute approximate surface area is 62.4 Å². The maximum absolute atomic E-state index is 2.38. The first-order chi connectivity index (χ1) is 4.27. The van der Waals surface area contributed by atoms with Crippen molar-refractivity contribution in [3.8, 4) is 0 Å². The molecule has 9 heavy (non-hydrogen) atoms. The lowest BCUT2D eigenvalue weighted by Gasteiger charge is -2.03. The minimum absolute atomic E-state index is 0.717. The third-order valence-electron chi connectivity index (χ3n) is 1.95. The first kappa shape index (κ1) is 7.46. The number of thioether (sulfide) groups is 1. The largest absolute Gasteiger partial charge is 0.153 e. The number of hydrogen-bond acceptors (Lipinski definition) is 1. The van der Waals surface area contributed by atoms with Crippen LogP contribution in [0.1, 0.15) is 39.5 Å². The smallest absolute Gasteiger partial charge is 0.0223 e. The standard InChI is InChI=1S/C8H16S/c1-3-4-5-6-8(2)7-9-8/h3-7H2,1-2H3. The minimum atomic E-state index is 0.717. The molecule has 1 heterocycles. The highest BCUT2D eigenvalue weighted by molar-refractivity contribution is 8.07. The Balaban J connectivity index is 1.92. The van der Waals surface area contributed by atoms with Gasteiger partial charge in [0, 0.05) is 10.5 Å². The van der Waals surface area contributed by atoms with Gasteiger partial charge in [-0.3, -0.25) is 0 Å². The first-order valence-electron chi connectivity index (χ1n) is 3.91. The molecule has 1 aliphatic rings. The lowest BCUT2D eigenvalue weighted by atomic mass is 10.1. The summed E-state index contributed by atoms with van der Waals surface area (Å²) in [7, 11) is 0. The minimum Gasteiger partial charge on any atom is -0.153 e. The summed E-state index contributed by atoms with van der Waals surface area (Å²) < 4.78 is 0.717. The normalized spacial score (nSPS) is 32.7. The van der Waals surface area contributed by atoms with Crippen molar-refractivity contribution in [2.45, 2.75) is 44.3 Å². The fourth-order valence-electron chi connectivity index (χ4n) is 1.02. The van der Waals surface area contributed by atoms with Crippen molar-refractivity contribution >= 4 is 11.8 Å². The van der Waals surface area contributed by atoms with Gasteiger partial charge in [0.15, 0.2) is 0 Å². The summed E-state index contributed by atoms with van der Waals surface area (Å²) in [6.45, 7) is 4.65. The van der Waals surface area contributed by atoms with Gasteiger partial charge in [0.25, 0.3) is 0 Å². The van der Waals surface area contributed by atoms with Gasteiger partial charge in [-0.15, -0.1) is 0 Å². The molecule has 1 atom stereocenters. The van der Waals surface area contributed by atoms with Gasteiger partial charge in [-0.25, -0.2) is 0 Å². The molecule has 0 aromatic rings. The maximum atomic E-state index is 2.38. The van der Waals surface area contributed by atoms with E-state index < -0.39 is 0 Å². The molecule has 1 heteroatoms. The predicted molar refractivity (Wildman–Crippen MR) is 45.0 cm³/mol. The van der Waals surface area contributed by atoms with Gasteiger partial charge in [0.05, 0.1) is 0 Å². The van der Waals surface area contributed by atoms with Crippen LogP contribution in [-0.2, 0) is 0 Å². The van der Waals surface area contributed by atoms with Gasteiger partial charge in [-0.05, 0) is 13.3 Å². The van der Waals surface area contributed by atoms with Gasteiger partial charge in [0.1, 0.15) is 0 Å². The zero-order chi connectivity index (χ0) is 6.74. The third-order valence-corrected chi connectivity index (χ3v) is 3.42. The van der Waals surface area contributed by atoms with Gasteiger partial charge >= 0.3 is 0 Å². The highest BCUT2D eigenvalue weighted by Gasteiger charge is 2.37. The molecule has 54 valence electrons. The van der Waals surface area contributed by atoms with E-state index in [0.717, 1.165) is 4.75 Å². The molecule has 0 bridgehead atoms. The van der Waals surface area contributed by atoms with Crippen LogP contribution in [0.25, 0.3) is 0 Å². The van der Waals surface area contributed by atoms with Crippen LogP contribution in [0.4, 0.5) is 0 Å². The van der Waals surface area contributed by atoms with Crippen molar-refractivity contribution in [3.05, 3.63) is 0 Å². The fourth-order valence-corrected chi connectivity index (χ4v) is 1.70. The highest BCUT2D eigenvalue weighted by Crippen LogP contribution is 2.47. The van der Waals surface area contributed by atoms with Crippen molar-refractivity contribution in [3.63, 3.8) is 0 Å². The number of unbranched alkanes of at least 4 members (excludes halogenated alkanes) is 2. The molecule has 1 fully saturated rings. The molecule has 0 amide bonds. The number of hydrogen-bond donors (Lipinski definition) is 0. The Morgan fingerprint density at radius 1 is 1.44 bits per heavy atom. The van der Waals surface area contributed by atoms with E-state index in [-0.39, 0.29) is 0 Å². The van der Waals surface area contributed by atoms with Crippen LogP contribution in [0.15, 0.2) is 0 Å². The van der Waals surface area contributed by atoms with Crippen molar-refractivity contribution < 1.29 is 0 Å². The molecule has 1 unspecified atom stereocenters. The lowest BCUT2D eigenvalue weighted by Crippen LogP contribution is -2.00.